The van der Waals surface area contributed by atoms with Crippen molar-refractivity contribution in [2.24, 2.45) is 5.41 Å². The van der Waals surface area contributed by atoms with Gasteiger partial charge in [-0.25, -0.2) is 9.97 Å². The van der Waals surface area contributed by atoms with Crippen molar-refractivity contribution in [1.82, 2.24) is 25.1 Å². The van der Waals surface area contributed by atoms with E-state index >= 15 is 0 Å². The predicted octanol–water partition coefficient (Wildman–Crippen LogP) is 3.17. The Bertz CT molecular complexity index is 740. The van der Waals surface area contributed by atoms with Crippen LogP contribution in [0.1, 0.15) is 44.9 Å². The molecule has 5 rings (SSSR count). The third-order valence-corrected chi connectivity index (χ3v) is 7.10. The molecule has 0 amide bonds. The lowest BCUT2D eigenvalue weighted by Gasteiger charge is -2.50. The second kappa shape index (κ2) is 7.15. The molecule has 1 saturated carbocycles. The Kier molecular flexibility index (Phi) is 4.52. The molecular formula is C21H28N6. The van der Waals surface area contributed by atoms with E-state index in [9.17, 15) is 0 Å². The molecule has 0 unspecified atom stereocenters. The topological polar surface area (TPSA) is 58.0 Å². The number of nitrogens with zero attached hydrogens (tertiary/aromatic N) is 6. The van der Waals surface area contributed by atoms with Gasteiger partial charge in [-0.15, -0.1) is 10.2 Å². The lowest BCUT2D eigenvalue weighted by Crippen LogP contribution is -2.51. The molecule has 0 atom stereocenters. The summed E-state index contributed by atoms with van der Waals surface area (Å²) in [5.41, 5.74) is 2.31. The van der Waals surface area contributed by atoms with Gasteiger partial charge < -0.3 is 9.80 Å². The summed E-state index contributed by atoms with van der Waals surface area (Å²) in [4.78, 5) is 13.3. The van der Waals surface area contributed by atoms with Crippen LogP contribution in [0.2, 0.25) is 0 Å². The highest BCUT2D eigenvalue weighted by Crippen LogP contribution is 2.43. The largest absolute Gasteiger partial charge is 0.355 e. The van der Waals surface area contributed by atoms with Crippen LogP contribution in [-0.4, -0.2) is 57.3 Å². The van der Waals surface area contributed by atoms with Crippen LogP contribution in [0.15, 0.2) is 30.9 Å². The number of hydrogen-bond acceptors (Lipinski definition) is 6. The maximum Gasteiger partial charge on any atom is 0.151 e. The van der Waals surface area contributed by atoms with Gasteiger partial charge in [-0.3, -0.25) is 0 Å². The SMILES string of the molecule is c1ncc(-c2ccc(N3CCC4(CC3)CCN(C3CCC3)CC4)nn2)cn1. The summed E-state index contributed by atoms with van der Waals surface area (Å²) in [5.74, 6) is 0.998. The molecule has 3 fully saturated rings. The molecule has 2 aromatic heterocycles. The molecule has 0 N–H and O–H groups in total. The van der Waals surface area contributed by atoms with E-state index < -0.39 is 0 Å². The fourth-order valence-electron chi connectivity index (χ4n) is 4.90. The number of piperidine rings is 2. The van der Waals surface area contributed by atoms with E-state index in [1.165, 1.54) is 64.4 Å². The molecular weight excluding hydrogens is 336 g/mol. The van der Waals surface area contributed by atoms with Gasteiger partial charge in [0, 0.05) is 37.1 Å². The van der Waals surface area contributed by atoms with Crippen LogP contribution < -0.4 is 4.90 Å². The molecule has 4 heterocycles. The van der Waals surface area contributed by atoms with Gasteiger partial charge in [0.05, 0.1) is 5.69 Å². The van der Waals surface area contributed by atoms with Gasteiger partial charge in [0.15, 0.2) is 5.82 Å². The Morgan fingerprint density at radius 1 is 0.852 bits per heavy atom. The number of likely N-dealkylation sites (tertiary alicyclic amines) is 1. The van der Waals surface area contributed by atoms with E-state index in [1.54, 1.807) is 12.4 Å². The fourth-order valence-corrected chi connectivity index (χ4v) is 4.90. The van der Waals surface area contributed by atoms with Crippen LogP contribution in [-0.2, 0) is 0 Å². The summed E-state index contributed by atoms with van der Waals surface area (Å²) in [6, 6.07) is 5.03. The normalized spacial score (nSPS) is 23.3. The Balaban J connectivity index is 1.18. The van der Waals surface area contributed by atoms with Gasteiger partial charge in [-0.1, -0.05) is 6.42 Å². The summed E-state index contributed by atoms with van der Waals surface area (Å²) in [7, 11) is 0. The van der Waals surface area contributed by atoms with E-state index in [0.29, 0.717) is 5.41 Å². The van der Waals surface area contributed by atoms with Crippen molar-refractivity contribution >= 4 is 5.82 Å². The fraction of sp³-hybridized carbons (Fsp3) is 0.619. The van der Waals surface area contributed by atoms with Gasteiger partial charge in [0.25, 0.3) is 0 Å². The first-order valence-electron chi connectivity index (χ1n) is 10.4. The molecule has 27 heavy (non-hydrogen) atoms. The summed E-state index contributed by atoms with van der Waals surface area (Å²) in [5, 5.41) is 8.87. The van der Waals surface area contributed by atoms with Crippen molar-refractivity contribution in [2.45, 2.75) is 51.0 Å². The maximum atomic E-state index is 4.48. The Morgan fingerprint density at radius 3 is 2.15 bits per heavy atom. The quantitative estimate of drug-likeness (QED) is 0.834. The molecule has 1 aliphatic carbocycles. The minimum atomic E-state index is 0.575. The summed E-state index contributed by atoms with van der Waals surface area (Å²) >= 11 is 0. The molecule has 0 radical (unpaired) electrons. The van der Waals surface area contributed by atoms with Crippen LogP contribution in [0, 0.1) is 5.41 Å². The van der Waals surface area contributed by atoms with Crippen molar-refractivity contribution in [3.05, 3.63) is 30.9 Å². The Hall–Kier alpha value is -2.08. The number of rotatable bonds is 3. The molecule has 1 spiro atoms. The van der Waals surface area contributed by atoms with Gasteiger partial charge in [-0.2, -0.15) is 0 Å². The first-order valence-corrected chi connectivity index (χ1v) is 10.4. The molecule has 0 aromatic carbocycles. The van der Waals surface area contributed by atoms with Crippen molar-refractivity contribution < 1.29 is 0 Å². The first-order chi connectivity index (χ1) is 13.3. The van der Waals surface area contributed by atoms with Gasteiger partial charge in [0.1, 0.15) is 6.33 Å². The molecule has 2 aromatic rings. The zero-order chi connectivity index (χ0) is 18.1. The summed E-state index contributed by atoms with van der Waals surface area (Å²) in [6.45, 7) is 4.84. The van der Waals surface area contributed by atoms with Gasteiger partial charge in [-0.05, 0) is 69.2 Å². The Labute approximate surface area is 161 Å². The van der Waals surface area contributed by atoms with Gasteiger partial charge in [0.2, 0.25) is 0 Å². The van der Waals surface area contributed by atoms with Crippen LogP contribution in [0.4, 0.5) is 5.82 Å². The second-order valence-electron chi connectivity index (χ2n) is 8.51. The van der Waals surface area contributed by atoms with Crippen molar-refractivity contribution in [2.75, 3.05) is 31.1 Å². The average Bonchev–Trinajstić information content (AvgIpc) is 2.70. The van der Waals surface area contributed by atoms with Crippen molar-refractivity contribution in [3.8, 4) is 11.3 Å². The summed E-state index contributed by atoms with van der Waals surface area (Å²) < 4.78 is 0. The highest BCUT2D eigenvalue weighted by atomic mass is 15.3. The molecule has 2 saturated heterocycles. The predicted molar refractivity (Wildman–Crippen MR) is 105 cm³/mol. The van der Waals surface area contributed by atoms with Crippen molar-refractivity contribution in [3.63, 3.8) is 0 Å². The van der Waals surface area contributed by atoms with E-state index in [-0.39, 0.29) is 0 Å². The van der Waals surface area contributed by atoms with Gasteiger partial charge >= 0.3 is 0 Å². The lowest BCUT2D eigenvalue weighted by molar-refractivity contribution is 0.0305. The van der Waals surface area contributed by atoms with E-state index in [0.717, 1.165) is 36.2 Å². The molecule has 0 bridgehead atoms. The zero-order valence-electron chi connectivity index (χ0n) is 15.9. The molecule has 6 nitrogen and oxygen atoms in total. The highest BCUT2D eigenvalue weighted by Gasteiger charge is 2.39. The molecule has 3 aliphatic rings. The first kappa shape index (κ1) is 17.0. The molecule has 6 heteroatoms. The average molecular weight is 364 g/mol. The van der Waals surface area contributed by atoms with E-state index in [4.69, 9.17) is 0 Å². The second-order valence-corrected chi connectivity index (χ2v) is 8.51. The third kappa shape index (κ3) is 3.43. The monoisotopic (exact) mass is 364 g/mol. The van der Waals surface area contributed by atoms with Crippen LogP contribution >= 0.6 is 0 Å². The van der Waals surface area contributed by atoms with E-state index in [2.05, 4.69) is 36.0 Å². The lowest BCUT2D eigenvalue weighted by atomic mass is 9.70. The van der Waals surface area contributed by atoms with Crippen LogP contribution in [0.5, 0.6) is 0 Å². The van der Waals surface area contributed by atoms with E-state index in [1.807, 2.05) is 6.07 Å². The van der Waals surface area contributed by atoms with Crippen LogP contribution in [0.25, 0.3) is 11.3 Å². The third-order valence-electron chi connectivity index (χ3n) is 7.10. The summed E-state index contributed by atoms with van der Waals surface area (Å²) in [6.07, 6.45) is 14.8. The smallest absolute Gasteiger partial charge is 0.151 e. The molecule has 142 valence electrons. The number of hydrogen-bond donors (Lipinski definition) is 0. The number of anilines is 1. The maximum absolute atomic E-state index is 4.48. The zero-order valence-corrected chi connectivity index (χ0v) is 15.9. The number of aromatic nitrogens is 4. The standard InChI is InChI=1S/C21H28N6/c1-2-18(3-1)26-10-6-21(7-11-26)8-12-27(13-9-21)20-5-4-19(24-25-20)17-14-22-16-23-15-17/h4-5,14-16,18H,1-3,6-13H2. The van der Waals surface area contributed by atoms with Crippen molar-refractivity contribution in [1.29, 1.82) is 0 Å². The Morgan fingerprint density at radius 2 is 1.56 bits per heavy atom. The minimum absolute atomic E-state index is 0.575. The minimum Gasteiger partial charge on any atom is -0.355 e. The van der Waals surface area contributed by atoms with Crippen LogP contribution in [0.3, 0.4) is 0 Å². The molecule has 2 aliphatic heterocycles. The highest BCUT2D eigenvalue weighted by molar-refractivity contribution is 5.57.